The van der Waals surface area contributed by atoms with Crippen LogP contribution in [0.15, 0.2) is 47.4 Å². The zero-order valence-corrected chi connectivity index (χ0v) is 11.0. The van der Waals surface area contributed by atoms with Crippen LogP contribution in [-0.4, -0.2) is 8.42 Å². The van der Waals surface area contributed by atoms with Gasteiger partial charge in [-0.15, -0.1) is 0 Å². The molecule has 0 heterocycles. The number of hydrogen-bond acceptors (Lipinski definition) is 4. The zero-order chi connectivity index (χ0) is 14.8. The summed E-state index contributed by atoms with van der Waals surface area (Å²) in [6.45, 7) is 0. The van der Waals surface area contributed by atoms with Crippen LogP contribution in [0.4, 0.5) is 15.8 Å². The van der Waals surface area contributed by atoms with E-state index in [-0.39, 0.29) is 21.8 Å². The molecule has 0 amide bonds. The van der Waals surface area contributed by atoms with Crippen LogP contribution in [0.5, 0.6) is 0 Å². The molecule has 20 heavy (non-hydrogen) atoms. The molecule has 102 valence electrons. The van der Waals surface area contributed by atoms with Crippen LogP contribution in [0.1, 0.15) is 5.56 Å². The van der Waals surface area contributed by atoms with Gasteiger partial charge in [-0.05, 0) is 30.3 Å². The van der Waals surface area contributed by atoms with Gasteiger partial charge in [0.1, 0.15) is 17.4 Å². The fourth-order valence-electron chi connectivity index (χ4n) is 1.61. The molecule has 0 aromatic heterocycles. The molecule has 2 aromatic rings. The van der Waals surface area contributed by atoms with Crippen LogP contribution < -0.4 is 10.5 Å². The van der Waals surface area contributed by atoms with E-state index >= 15 is 0 Å². The Hall–Kier alpha value is -2.59. The van der Waals surface area contributed by atoms with Crippen molar-refractivity contribution >= 4 is 21.4 Å². The lowest BCUT2D eigenvalue weighted by atomic mass is 10.2. The van der Waals surface area contributed by atoms with Crippen LogP contribution in [0, 0.1) is 17.1 Å². The topological polar surface area (TPSA) is 96.0 Å². The molecule has 0 saturated heterocycles. The summed E-state index contributed by atoms with van der Waals surface area (Å²) >= 11 is 0. The number of nitrogen functional groups attached to an aromatic ring is 1. The second-order valence-corrected chi connectivity index (χ2v) is 5.63. The molecule has 5 nitrogen and oxygen atoms in total. The largest absolute Gasteiger partial charge is 0.399 e. The third-order valence-corrected chi connectivity index (χ3v) is 3.90. The van der Waals surface area contributed by atoms with Gasteiger partial charge in [0.25, 0.3) is 10.0 Å². The van der Waals surface area contributed by atoms with E-state index < -0.39 is 15.8 Å². The van der Waals surface area contributed by atoms with E-state index in [4.69, 9.17) is 11.0 Å². The molecule has 0 atom stereocenters. The normalized spacial score (nSPS) is 10.8. The van der Waals surface area contributed by atoms with Gasteiger partial charge < -0.3 is 5.73 Å². The highest BCUT2D eigenvalue weighted by atomic mass is 32.2. The highest BCUT2D eigenvalue weighted by Gasteiger charge is 2.17. The van der Waals surface area contributed by atoms with Crippen LogP contribution in [-0.2, 0) is 10.0 Å². The number of sulfonamides is 1. The van der Waals surface area contributed by atoms with Gasteiger partial charge in [0.2, 0.25) is 0 Å². The van der Waals surface area contributed by atoms with Crippen LogP contribution >= 0.6 is 0 Å². The lowest BCUT2D eigenvalue weighted by Gasteiger charge is -2.10. The fraction of sp³-hybridized carbons (Fsp3) is 0. The Bertz CT molecular complexity index is 798. The Kier molecular flexibility index (Phi) is 3.59. The van der Waals surface area contributed by atoms with E-state index in [1.54, 1.807) is 12.1 Å². The Morgan fingerprint density at radius 2 is 1.90 bits per heavy atom. The van der Waals surface area contributed by atoms with Gasteiger partial charge in [-0.25, -0.2) is 12.8 Å². The molecule has 7 heteroatoms. The van der Waals surface area contributed by atoms with E-state index in [0.29, 0.717) is 0 Å². The summed E-state index contributed by atoms with van der Waals surface area (Å²) < 4.78 is 39.9. The fourth-order valence-corrected chi connectivity index (χ4v) is 2.73. The van der Waals surface area contributed by atoms with Crippen molar-refractivity contribution in [1.29, 1.82) is 5.26 Å². The summed E-state index contributed by atoms with van der Waals surface area (Å²) in [5.74, 6) is -0.791. The van der Waals surface area contributed by atoms with Gasteiger partial charge in [-0.2, -0.15) is 5.26 Å². The van der Waals surface area contributed by atoms with Gasteiger partial charge in [0.05, 0.1) is 10.6 Å². The monoisotopic (exact) mass is 291 g/mol. The van der Waals surface area contributed by atoms with Gasteiger partial charge >= 0.3 is 0 Å². The molecule has 0 saturated carbocycles. The number of nitrogens with one attached hydrogen (secondary N) is 1. The molecule has 0 spiro atoms. The van der Waals surface area contributed by atoms with E-state index in [2.05, 4.69) is 4.72 Å². The number of hydrogen-bond donors (Lipinski definition) is 2. The molecule has 2 rings (SSSR count). The maximum absolute atomic E-state index is 13.4. The minimum absolute atomic E-state index is 0.0642. The first kappa shape index (κ1) is 13.8. The standard InChI is InChI=1S/C13H10FN3O2S/c14-12-5-2-6-13(11(12)8-15)17-20(18,19)10-4-1-3-9(16)7-10/h1-7,17H,16H2. The molecule has 3 N–H and O–H groups in total. The summed E-state index contributed by atoms with van der Waals surface area (Å²) in [6, 6.07) is 11.0. The third-order valence-electron chi connectivity index (χ3n) is 2.54. The number of benzene rings is 2. The van der Waals surface area contributed by atoms with E-state index in [9.17, 15) is 12.8 Å². The van der Waals surface area contributed by atoms with E-state index in [1.165, 1.54) is 30.3 Å². The number of nitrogens with two attached hydrogens (primary N) is 1. The van der Waals surface area contributed by atoms with E-state index in [0.717, 1.165) is 6.07 Å². The molecule has 0 unspecified atom stereocenters. The smallest absolute Gasteiger partial charge is 0.262 e. The average molecular weight is 291 g/mol. The molecule has 0 bridgehead atoms. The first-order valence-corrected chi connectivity index (χ1v) is 6.99. The maximum atomic E-state index is 13.4. The summed E-state index contributed by atoms with van der Waals surface area (Å²) in [5, 5.41) is 8.87. The van der Waals surface area contributed by atoms with Crippen molar-refractivity contribution in [3.05, 3.63) is 53.8 Å². The number of nitrogens with zero attached hydrogens (tertiary/aromatic N) is 1. The Balaban J connectivity index is 2.45. The third kappa shape index (κ3) is 2.70. The van der Waals surface area contributed by atoms with Crippen molar-refractivity contribution in [3.8, 4) is 6.07 Å². The van der Waals surface area contributed by atoms with Gasteiger partial charge in [0.15, 0.2) is 0 Å². The summed E-state index contributed by atoms with van der Waals surface area (Å²) in [7, 11) is -3.93. The van der Waals surface area contributed by atoms with Crippen molar-refractivity contribution < 1.29 is 12.8 Å². The lowest BCUT2D eigenvalue weighted by molar-refractivity contribution is 0.601. The predicted molar refractivity (Wildman–Crippen MR) is 72.8 cm³/mol. The van der Waals surface area contributed by atoms with Crippen LogP contribution in [0.2, 0.25) is 0 Å². The summed E-state index contributed by atoms with van der Waals surface area (Å²) in [5.41, 5.74) is 5.33. The maximum Gasteiger partial charge on any atom is 0.262 e. The predicted octanol–water partition coefficient (Wildman–Crippen LogP) is 2.08. The van der Waals surface area contributed by atoms with Crippen molar-refractivity contribution in [2.75, 3.05) is 10.5 Å². The zero-order valence-electron chi connectivity index (χ0n) is 10.2. The van der Waals surface area contributed by atoms with Crippen molar-refractivity contribution in [3.63, 3.8) is 0 Å². The Morgan fingerprint density at radius 1 is 1.20 bits per heavy atom. The lowest BCUT2D eigenvalue weighted by Crippen LogP contribution is -2.14. The second-order valence-electron chi connectivity index (χ2n) is 3.95. The van der Waals surface area contributed by atoms with Crippen molar-refractivity contribution in [2.24, 2.45) is 0 Å². The molecule has 2 aromatic carbocycles. The summed E-state index contributed by atoms with van der Waals surface area (Å²) in [6.07, 6.45) is 0. The van der Waals surface area contributed by atoms with Gasteiger partial charge in [-0.1, -0.05) is 12.1 Å². The highest BCUT2D eigenvalue weighted by Crippen LogP contribution is 2.22. The molecular weight excluding hydrogens is 281 g/mol. The quantitative estimate of drug-likeness (QED) is 0.846. The molecule has 0 aliphatic rings. The SMILES string of the molecule is N#Cc1c(F)cccc1NS(=O)(=O)c1cccc(N)c1. The number of anilines is 2. The van der Waals surface area contributed by atoms with E-state index in [1.807, 2.05) is 0 Å². The first-order valence-electron chi connectivity index (χ1n) is 5.51. The molecule has 0 aliphatic heterocycles. The first-order chi connectivity index (χ1) is 9.44. The van der Waals surface area contributed by atoms with Gasteiger partial charge in [-0.3, -0.25) is 4.72 Å². The van der Waals surface area contributed by atoms with Crippen molar-refractivity contribution in [2.45, 2.75) is 4.90 Å². The second kappa shape index (κ2) is 5.19. The van der Waals surface area contributed by atoms with Gasteiger partial charge in [0, 0.05) is 5.69 Å². The number of nitriles is 1. The molecular formula is C13H10FN3O2S. The molecule has 0 fully saturated rings. The Labute approximate surface area is 115 Å². The number of rotatable bonds is 3. The molecule has 0 radical (unpaired) electrons. The van der Waals surface area contributed by atoms with Crippen LogP contribution in [0.3, 0.4) is 0 Å². The number of halogens is 1. The minimum Gasteiger partial charge on any atom is -0.399 e. The minimum atomic E-state index is -3.93. The Morgan fingerprint density at radius 3 is 2.55 bits per heavy atom. The highest BCUT2D eigenvalue weighted by molar-refractivity contribution is 7.92. The average Bonchev–Trinajstić information content (AvgIpc) is 2.38. The van der Waals surface area contributed by atoms with Crippen molar-refractivity contribution in [1.82, 2.24) is 0 Å². The molecule has 0 aliphatic carbocycles. The van der Waals surface area contributed by atoms with Crippen LogP contribution in [0.25, 0.3) is 0 Å². The summed E-state index contributed by atoms with van der Waals surface area (Å²) in [4.78, 5) is -0.0642.